The molecule has 98 valence electrons. The summed E-state index contributed by atoms with van der Waals surface area (Å²) in [6.45, 7) is 7.79. The highest BCUT2D eigenvalue weighted by atomic mass is 32.1. The van der Waals surface area contributed by atoms with Crippen LogP contribution in [0.5, 0.6) is 0 Å². The second-order valence-corrected chi connectivity index (χ2v) is 5.53. The molecular weight excluding hydrogens is 244 g/mol. The summed E-state index contributed by atoms with van der Waals surface area (Å²) in [5, 5.41) is 2.94. The SMILES string of the molecule is CCC(C)(C)C(=O)Nc1cc(C(N)=S)ccc1C. The summed E-state index contributed by atoms with van der Waals surface area (Å²) in [4.78, 5) is 12.5. The Morgan fingerprint density at radius 2 is 2.06 bits per heavy atom. The molecule has 0 aliphatic rings. The maximum absolute atomic E-state index is 12.1. The van der Waals surface area contributed by atoms with Gasteiger partial charge < -0.3 is 11.1 Å². The molecule has 1 amide bonds. The molecular formula is C14H20N2OS. The minimum atomic E-state index is -0.383. The van der Waals surface area contributed by atoms with E-state index in [9.17, 15) is 4.79 Å². The van der Waals surface area contributed by atoms with Gasteiger partial charge in [-0.2, -0.15) is 0 Å². The third-order valence-electron chi connectivity index (χ3n) is 3.27. The lowest BCUT2D eigenvalue weighted by molar-refractivity contribution is -0.124. The van der Waals surface area contributed by atoms with Crippen LogP contribution in [0.25, 0.3) is 0 Å². The van der Waals surface area contributed by atoms with E-state index in [-0.39, 0.29) is 11.3 Å². The number of nitrogens with two attached hydrogens (primary N) is 1. The molecule has 1 aromatic carbocycles. The Morgan fingerprint density at radius 3 is 2.56 bits per heavy atom. The molecule has 18 heavy (non-hydrogen) atoms. The quantitative estimate of drug-likeness (QED) is 0.822. The van der Waals surface area contributed by atoms with E-state index in [2.05, 4.69) is 5.32 Å². The highest BCUT2D eigenvalue weighted by Crippen LogP contribution is 2.24. The number of hydrogen-bond acceptors (Lipinski definition) is 2. The van der Waals surface area contributed by atoms with E-state index < -0.39 is 0 Å². The fourth-order valence-corrected chi connectivity index (χ4v) is 1.49. The van der Waals surface area contributed by atoms with Crippen molar-refractivity contribution in [3.8, 4) is 0 Å². The molecule has 3 N–H and O–H groups in total. The lowest BCUT2D eigenvalue weighted by atomic mass is 9.89. The molecule has 0 aromatic heterocycles. The largest absolute Gasteiger partial charge is 0.389 e. The number of thiocarbonyl (C=S) groups is 1. The van der Waals surface area contributed by atoms with E-state index in [1.807, 2.05) is 45.9 Å². The molecule has 0 aliphatic heterocycles. The van der Waals surface area contributed by atoms with Crippen LogP contribution in [-0.2, 0) is 4.79 Å². The van der Waals surface area contributed by atoms with Crippen LogP contribution in [0.2, 0.25) is 0 Å². The monoisotopic (exact) mass is 264 g/mol. The molecule has 0 spiro atoms. The summed E-state index contributed by atoms with van der Waals surface area (Å²) in [7, 11) is 0. The molecule has 0 unspecified atom stereocenters. The number of aryl methyl sites for hydroxylation is 1. The van der Waals surface area contributed by atoms with Gasteiger partial charge in [-0.15, -0.1) is 0 Å². The summed E-state index contributed by atoms with van der Waals surface area (Å²) in [5.41, 5.74) is 7.74. The molecule has 0 radical (unpaired) electrons. The molecule has 0 bridgehead atoms. The van der Waals surface area contributed by atoms with Crippen molar-refractivity contribution in [1.29, 1.82) is 0 Å². The van der Waals surface area contributed by atoms with E-state index >= 15 is 0 Å². The molecule has 4 heteroatoms. The minimum Gasteiger partial charge on any atom is -0.389 e. The van der Waals surface area contributed by atoms with Gasteiger partial charge in [0.05, 0.1) is 0 Å². The van der Waals surface area contributed by atoms with Crippen LogP contribution < -0.4 is 11.1 Å². The summed E-state index contributed by atoms with van der Waals surface area (Å²) in [6.07, 6.45) is 0.785. The van der Waals surface area contributed by atoms with Gasteiger partial charge in [0.1, 0.15) is 4.99 Å². The summed E-state index contributed by atoms with van der Waals surface area (Å²) in [5.74, 6) is 0.00758. The third kappa shape index (κ3) is 3.29. The van der Waals surface area contributed by atoms with Crippen LogP contribution in [0, 0.1) is 12.3 Å². The van der Waals surface area contributed by atoms with Gasteiger partial charge >= 0.3 is 0 Å². The van der Waals surface area contributed by atoms with Gasteiger partial charge in [-0.05, 0) is 25.0 Å². The number of anilines is 1. The van der Waals surface area contributed by atoms with Gasteiger partial charge in [0.25, 0.3) is 0 Å². The summed E-state index contributed by atoms with van der Waals surface area (Å²) in [6, 6.07) is 5.59. The first-order valence-corrected chi connectivity index (χ1v) is 6.40. The lowest BCUT2D eigenvalue weighted by Crippen LogP contribution is -2.30. The summed E-state index contributed by atoms with van der Waals surface area (Å²) < 4.78 is 0. The van der Waals surface area contributed by atoms with Gasteiger partial charge in [0.15, 0.2) is 0 Å². The molecule has 0 saturated carbocycles. The van der Waals surface area contributed by atoms with Crippen LogP contribution in [0.4, 0.5) is 5.69 Å². The van der Waals surface area contributed by atoms with Crippen molar-refractivity contribution in [2.45, 2.75) is 34.1 Å². The van der Waals surface area contributed by atoms with Crippen molar-refractivity contribution < 1.29 is 4.79 Å². The maximum atomic E-state index is 12.1. The Kier molecular flexibility index (Phi) is 4.46. The predicted octanol–water partition coefficient (Wildman–Crippen LogP) is 3.00. The number of nitrogens with one attached hydrogen (secondary N) is 1. The molecule has 0 fully saturated rings. The van der Waals surface area contributed by atoms with E-state index in [0.29, 0.717) is 4.99 Å². The van der Waals surface area contributed by atoms with Gasteiger partial charge in [-0.1, -0.05) is 45.1 Å². The summed E-state index contributed by atoms with van der Waals surface area (Å²) >= 11 is 4.94. The van der Waals surface area contributed by atoms with Gasteiger partial charge in [-0.25, -0.2) is 0 Å². The lowest BCUT2D eigenvalue weighted by Gasteiger charge is -2.22. The van der Waals surface area contributed by atoms with Gasteiger partial charge in [0, 0.05) is 16.7 Å². The molecule has 0 aliphatic carbocycles. The van der Waals surface area contributed by atoms with Crippen molar-refractivity contribution in [3.63, 3.8) is 0 Å². The maximum Gasteiger partial charge on any atom is 0.230 e. The van der Waals surface area contributed by atoms with Gasteiger partial charge in [-0.3, -0.25) is 4.79 Å². The fourth-order valence-electron chi connectivity index (χ4n) is 1.36. The van der Waals surface area contributed by atoms with E-state index in [1.54, 1.807) is 0 Å². The standard InChI is InChI=1S/C14H20N2OS/c1-5-14(3,4)13(17)16-11-8-10(12(15)18)7-6-9(11)2/h6-8H,5H2,1-4H3,(H2,15,18)(H,16,17). The highest BCUT2D eigenvalue weighted by molar-refractivity contribution is 7.80. The zero-order chi connectivity index (χ0) is 13.9. The third-order valence-corrected chi connectivity index (χ3v) is 3.50. The van der Waals surface area contributed by atoms with E-state index in [1.165, 1.54) is 0 Å². The Labute approximate surface area is 114 Å². The number of benzene rings is 1. The molecule has 0 atom stereocenters. The topological polar surface area (TPSA) is 55.1 Å². The van der Waals surface area contributed by atoms with Crippen molar-refractivity contribution >= 4 is 28.8 Å². The van der Waals surface area contributed by atoms with E-state index in [4.69, 9.17) is 18.0 Å². The van der Waals surface area contributed by atoms with Crippen molar-refractivity contribution in [2.24, 2.45) is 11.1 Å². The van der Waals surface area contributed by atoms with E-state index in [0.717, 1.165) is 23.2 Å². The van der Waals surface area contributed by atoms with Crippen molar-refractivity contribution in [3.05, 3.63) is 29.3 Å². The predicted molar refractivity (Wildman–Crippen MR) is 79.8 cm³/mol. The van der Waals surface area contributed by atoms with Crippen LogP contribution in [0.1, 0.15) is 38.3 Å². The molecule has 0 heterocycles. The van der Waals surface area contributed by atoms with Crippen LogP contribution >= 0.6 is 12.2 Å². The Balaban J connectivity index is 3.01. The molecule has 1 aromatic rings. The zero-order valence-corrected chi connectivity index (χ0v) is 12.1. The fraction of sp³-hybridized carbons (Fsp3) is 0.429. The van der Waals surface area contributed by atoms with Crippen LogP contribution in [-0.4, -0.2) is 10.9 Å². The molecule has 0 saturated heterocycles. The normalized spacial score (nSPS) is 11.1. The van der Waals surface area contributed by atoms with Crippen LogP contribution in [0.3, 0.4) is 0 Å². The zero-order valence-electron chi connectivity index (χ0n) is 11.3. The first-order valence-electron chi connectivity index (χ1n) is 6.00. The Hall–Kier alpha value is -1.42. The molecule has 1 rings (SSSR count). The second kappa shape index (κ2) is 5.48. The Morgan fingerprint density at radius 1 is 1.44 bits per heavy atom. The smallest absolute Gasteiger partial charge is 0.230 e. The average Bonchev–Trinajstić information content (AvgIpc) is 2.31. The van der Waals surface area contributed by atoms with Crippen molar-refractivity contribution in [2.75, 3.05) is 5.32 Å². The minimum absolute atomic E-state index is 0.00758. The van der Waals surface area contributed by atoms with Gasteiger partial charge in [0.2, 0.25) is 5.91 Å². The average molecular weight is 264 g/mol. The first kappa shape index (κ1) is 14.6. The second-order valence-electron chi connectivity index (χ2n) is 5.09. The number of amides is 1. The number of hydrogen-bond donors (Lipinski definition) is 2. The van der Waals surface area contributed by atoms with Crippen LogP contribution in [0.15, 0.2) is 18.2 Å². The first-order chi connectivity index (χ1) is 8.27. The van der Waals surface area contributed by atoms with Crippen molar-refractivity contribution in [1.82, 2.24) is 0 Å². The number of rotatable bonds is 4. The highest BCUT2D eigenvalue weighted by Gasteiger charge is 2.25. The number of carbonyl (C=O) groups is 1. The molecule has 3 nitrogen and oxygen atoms in total. The number of carbonyl (C=O) groups excluding carboxylic acids is 1. The Bertz CT molecular complexity index is 481.